The third-order valence-electron chi connectivity index (χ3n) is 6.98. The number of hydrogen-bond donors (Lipinski definition) is 3. The molecule has 0 radical (unpaired) electrons. The molecule has 3 nitrogen and oxygen atoms in total. The van der Waals surface area contributed by atoms with Crippen LogP contribution in [0, 0.1) is 11.8 Å². The fourth-order valence-corrected chi connectivity index (χ4v) is 5.76. The zero-order valence-electron chi connectivity index (χ0n) is 14.3. The Morgan fingerprint density at radius 1 is 1.08 bits per heavy atom. The number of rotatable bonds is 1. The van der Waals surface area contributed by atoms with Gasteiger partial charge in [0.25, 0.3) is 0 Å². The summed E-state index contributed by atoms with van der Waals surface area (Å²) >= 11 is 0. The van der Waals surface area contributed by atoms with Gasteiger partial charge in [-0.2, -0.15) is 0 Å². The first kappa shape index (κ1) is 15.0. The van der Waals surface area contributed by atoms with Gasteiger partial charge >= 0.3 is 0 Å². The van der Waals surface area contributed by atoms with Gasteiger partial charge in [-0.25, -0.2) is 0 Å². The molecule has 1 saturated carbocycles. The van der Waals surface area contributed by atoms with E-state index in [-0.39, 0.29) is 6.10 Å². The molecule has 1 aromatic heterocycles. The topological polar surface area (TPSA) is 48.0 Å². The zero-order chi connectivity index (χ0) is 16.1. The van der Waals surface area contributed by atoms with Crippen molar-refractivity contribution in [1.29, 1.82) is 0 Å². The summed E-state index contributed by atoms with van der Waals surface area (Å²) in [6.07, 6.45) is 10.5. The van der Waals surface area contributed by atoms with Gasteiger partial charge in [-0.3, -0.25) is 0 Å². The molecule has 2 fully saturated rings. The quantitative estimate of drug-likeness (QED) is 0.700. The van der Waals surface area contributed by atoms with Crippen LogP contribution in [0.2, 0.25) is 0 Å². The van der Waals surface area contributed by atoms with Crippen LogP contribution in [0.15, 0.2) is 24.4 Å². The number of fused-ring (bicyclic) bond motifs is 2. The van der Waals surface area contributed by atoms with Crippen molar-refractivity contribution < 1.29 is 5.11 Å². The molecular weight excluding hydrogens is 296 g/mol. The zero-order valence-corrected chi connectivity index (χ0v) is 14.3. The summed E-state index contributed by atoms with van der Waals surface area (Å²) in [7, 11) is 0. The number of aromatic amines is 1. The predicted molar refractivity (Wildman–Crippen MR) is 97.2 cm³/mol. The third kappa shape index (κ3) is 2.33. The van der Waals surface area contributed by atoms with Crippen LogP contribution in [0.25, 0.3) is 10.9 Å². The summed E-state index contributed by atoms with van der Waals surface area (Å²) in [4.78, 5) is 3.45. The molecule has 24 heavy (non-hydrogen) atoms. The lowest BCUT2D eigenvalue weighted by atomic mass is 9.69. The van der Waals surface area contributed by atoms with Gasteiger partial charge in [0, 0.05) is 29.1 Å². The van der Waals surface area contributed by atoms with Crippen molar-refractivity contribution in [2.45, 2.75) is 63.0 Å². The van der Waals surface area contributed by atoms with Crippen molar-refractivity contribution >= 4 is 10.9 Å². The van der Waals surface area contributed by atoms with E-state index in [1.165, 1.54) is 54.1 Å². The SMILES string of the molecule is OC1CCCCCC1C1CN[C@@H]2Cc3c[nH]c4cccc(c34)[C@H]2C1. The molecule has 2 heterocycles. The molecule has 0 amide bonds. The minimum absolute atomic E-state index is 0.0851. The number of piperidine rings is 1. The van der Waals surface area contributed by atoms with E-state index in [0.717, 1.165) is 19.4 Å². The van der Waals surface area contributed by atoms with Crippen molar-refractivity contribution in [2.24, 2.45) is 11.8 Å². The number of aromatic nitrogens is 1. The summed E-state index contributed by atoms with van der Waals surface area (Å²) in [5.41, 5.74) is 4.29. The lowest BCUT2D eigenvalue weighted by molar-refractivity contribution is 0.0488. The molecule has 0 bridgehead atoms. The molecular formula is C21H28N2O. The molecule has 2 aliphatic carbocycles. The van der Waals surface area contributed by atoms with Crippen LogP contribution < -0.4 is 5.32 Å². The maximum Gasteiger partial charge on any atom is 0.0571 e. The van der Waals surface area contributed by atoms with Gasteiger partial charge < -0.3 is 15.4 Å². The summed E-state index contributed by atoms with van der Waals surface area (Å²) in [6, 6.07) is 7.30. The normalized spacial score (nSPS) is 36.3. The molecule has 5 rings (SSSR count). The molecule has 1 aliphatic heterocycles. The first-order chi connectivity index (χ1) is 11.8. The second-order valence-electron chi connectivity index (χ2n) is 8.27. The van der Waals surface area contributed by atoms with Gasteiger partial charge in [-0.1, -0.05) is 31.4 Å². The van der Waals surface area contributed by atoms with E-state index in [4.69, 9.17) is 0 Å². The Hall–Kier alpha value is -1.32. The Morgan fingerprint density at radius 3 is 2.96 bits per heavy atom. The van der Waals surface area contributed by atoms with E-state index in [9.17, 15) is 5.11 Å². The maximum atomic E-state index is 10.6. The van der Waals surface area contributed by atoms with Crippen LogP contribution in [-0.2, 0) is 6.42 Å². The highest BCUT2D eigenvalue weighted by molar-refractivity contribution is 5.88. The minimum Gasteiger partial charge on any atom is -0.393 e. The standard InChI is InChI=1S/C21H28N2O/c24-20-8-3-1-2-5-15(20)13-9-17-16-6-4-7-18-21(16)14(12-22-18)10-19(17)23-11-13/h4,6-7,12-13,15,17,19-20,22-24H,1-3,5,8-11H2/t13?,15?,17-,19-,20?/m1/s1. The first-order valence-electron chi connectivity index (χ1n) is 9.81. The van der Waals surface area contributed by atoms with Gasteiger partial charge in [0.1, 0.15) is 0 Å². The van der Waals surface area contributed by atoms with E-state index in [2.05, 4.69) is 34.7 Å². The van der Waals surface area contributed by atoms with Crippen LogP contribution in [0.1, 0.15) is 55.6 Å². The number of aliphatic hydroxyl groups is 1. The van der Waals surface area contributed by atoms with E-state index in [1.807, 2.05) is 0 Å². The molecule has 3 heteroatoms. The van der Waals surface area contributed by atoms with Crippen LogP contribution in [0.4, 0.5) is 0 Å². The van der Waals surface area contributed by atoms with Crippen molar-refractivity contribution in [3.63, 3.8) is 0 Å². The monoisotopic (exact) mass is 324 g/mol. The third-order valence-corrected chi connectivity index (χ3v) is 6.98. The number of nitrogens with one attached hydrogen (secondary N) is 2. The van der Waals surface area contributed by atoms with Gasteiger partial charge in [0.15, 0.2) is 0 Å². The summed E-state index contributed by atoms with van der Waals surface area (Å²) in [5, 5.41) is 16.0. The Balaban J connectivity index is 1.46. The van der Waals surface area contributed by atoms with E-state index < -0.39 is 0 Å². The number of benzene rings is 1. The number of hydrogen-bond acceptors (Lipinski definition) is 2. The summed E-state index contributed by atoms with van der Waals surface area (Å²) in [5.74, 6) is 1.72. The average molecular weight is 324 g/mol. The van der Waals surface area contributed by atoms with Gasteiger partial charge in [-0.15, -0.1) is 0 Å². The van der Waals surface area contributed by atoms with Crippen LogP contribution in [-0.4, -0.2) is 28.8 Å². The van der Waals surface area contributed by atoms with Gasteiger partial charge in [0.2, 0.25) is 0 Å². The number of aliphatic hydroxyl groups excluding tert-OH is 1. The molecule has 3 unspecified atom stereocenters. The molecule has 5 atom stereocenters. The van der Waals surface area contributed by atoms with E-state index in [1.54, 1.807) is 0 Å². The van der Waals surface area contributed by atoms with Crippen molar-refractivity contribution in [3.8, 4) is 0 Å². The minimum atomic E-state index is -0.0851. The van der Waals surface area contributed by atoms with Crippen molar-refractivity contribution in [3.05, 3.63) is 35.5 Å². The second-order valence-corrected chi connectivity index (χ2v) is 8.27. The second kappa shape index (κ2) is 5.89. The molecule has 1 saturated heterocycles. The lowest BCUT2D eigenvalue weighted by Crippen LogP contribution is -2.49. The molecule has 3 N–H and O–H groups in total. The van der Waals surface area contributed by atoms with E-state index >= 15 is 0 Å². The highest BCUT2D eigenvalue weighted by Gasteiger charge is 2.40. The van der Waals surface area contributed by atoms with E-state index in [0.29, 0.717) is 23.8 Å². The molecule has 128 valence electrons. The highest BCUT2D eigenvalue weighted by atomic mass is 16.3. The van der Waals surface area contributed by atoms with Crippen molar-refractivity contribution in [1.82, 2.24) is 10.3 Å². The van der Waals surface area contributed by atoms with Crippen LogP contribution >= 0.6 is 0 Å². The lowest BCUT2D eigenvalue weighted by Gasteiger charge is -2.43. The summed E-state index contributed by atoms with van der Waals surface area (Å²) in [6.45, 7) is 1.08. The van der Waals surface area contributed by atoms with Crippen LogP contribution in [0.3, 0.4) is 0 Å². The molecule has 3 aliphatic rings. The first-order valence-corrected chi connectivity index (χ1v) is 9.81. The Kier molecular flexibility index (Phi) is 3.67. The molecule has 2 aromatic rings. The largest absolute Gasteiger partial charge is 0.393 e. The van der Waals surface area contributed by atoms with Crippen molar-refractivity contribution in [2.75, 3.05) is 6.54 Å². The summed E-state index contributed by atoms with van der Waals surface area (Å²) < 4.78 is 0. The number of H-pyrrole nitrogens is 1. The van der Waals surface area contributed by atoms with Gasteiger partial charge in [-0.05, 0) is 61.3 Å². The molecule has 1 aromatic carbocycles. The fraction of sp³-hybridized carbons (Fsp3) is 0.619. The molecule has 0 spiro atoms. The average Bonchev–Trinajstić information content (AvgIpc) is 2.90. The smallest absolute Gasteiger partial charge is 0.0571 e. The fourth-order valence-electron chi connectivity index (χ4n) is 5.76. The Bertz CT molecular complexity index is 737. The Labute approximate surface area is 143 Å². The van der Waals surface area contributed by atoms with Gasteiger partial charge in [0.05, 0.1) is 6.10 Å². The van der Waals surface area contributed by atoms with Crippen LogP contribution in [0.5, 0.6) is 0 Å². The Morgan fingerprint density at radius 2 is 2.00 bits per heavy atom. The predicted octanol–water partition coefficient (Wildman–Crippen LogP) is 3.73. The highest BCUT2D eigenvalue weighted by Crippen LogP contribution is 2.44. The maximum absolute atomic E-state index is 10.6.